The number of aromatic nitrogens is 2. The average molecular weight is 325 g/mol. The van der Waals surface area contributed by atoms with Gasteiger partial charge in [0.05, 0.1) is 5.75 Å². The molecule has 0 aliphatic carbocycles. The molecule has 0 unspecified atom stereocenters. The van der Waals surface area contributed by atoms with Crippen molar-refractivity contribution in [1.82, 2.24) is 15.3 Å². The maximum absolute atomic E-state index is 11.7. The van der Waals surface area contributed by atoms with E-state index in [1.807, 2.05) is 13.0 Å². The van der Waals surface area contributed by atoms with E-state index in [-0.39, 0.29) is 18.1 Å². The second-order valence-electron chi connectivity index (χ2n) is 4.39. The van der Waals surface area contributed by atoms with Crippen molar-refractivity contribution in [3.05, 3.63) is 17.3 Å². The quantitative estimate of drug-likeness (QED) is 0.460. The first-order chi connectivity index (χ1) is 10.1. The lowest BCUT2D eigenvalue weighted by Crippen LogP contribution is -2.26. The van der Waals surface area contributed by atoms with Gasteiger partial charge in [0.1, 0.15) is 16.2 Å². The smallest absolute Gasteiger partial charge is 0.303 e. The highest BCUT2D eigenvalue weighted by Crippen LogP contribution is 2.29. The number of amides is 1. The number of thiophene rings is 1. The molecular formula is C13H15N3O3S2. The van der Waals surface area contributed by atoms with Gasteiger partial charge in [-0.05, 0) is 19.4 Å². The summed E-state index contributed by atoms with van der Waals surface area (Å²) in [7, 11) is 0. The van der Waals surface area contributed by atoms with Gasteiger partial charge in [-0.15, -0.1) is 11.3 Å². The summed E-state index contributed by atoms with van der Waals surface area (Å²) < 4.78 is 0. The Kier molecular flexibility index (Phi) is 5.51. The summed E-state index contributed by atoms with van der Waals surface area (Å²) in [6.07, 6.45) is 2.01. The number of rotatable bonds is 7. The van der Waals surface area contributed by atoms with Crippen LogP contribution in [-0.2, 0) is 9.59 Å². The second kappa shape index (κ2) is 7.37. The Morgan fingerprint density at radius 1 is 1.43 bits per heavy atom. The summed E-state index contributed by atoms with van der Waals surface area (Å²) >= 11 is 2.96. The Labute approximate surface area is 130 Å². The van der Waals surface area contributed by atoms with Crippen molar-refractivity contribution in [3.8, 4) is 0 Å². The van der Waals surface area contributed by atoms with E-state index < -0.39 is 5.97 Å². The average Bonchev–Trinajstić information content (AvgIpc) is 2.81. The maximum Gasteiger partial charge on any atom is 0.303 e. The Balaban J connectivity index is 1.84. The van der Waals surface area contributed by atoms with Crippen LogP contribution >= 0.6 is 23.1 Å². The van der Waals surface area contributed by atoms with E-state index in [1.54, 1.807) is 11.3 Å². The largest absolute Gasteiger partial charge is 0.481 e. The number of hydrogen-bond donors (Lipinski definition) is 2. The third-order valence-corrected chi connectivity index (χ3v) is 4.61. The van der Waals surface area contributed by atoms with Crippen molar-refractivity contribution in [2.75, 3.05) is 12.3 Å². The summed E-state index contributed by atoms with van der Waals surface area (Å²) in [6, 6.07) is 2.02. The molecule has 112 valence electrons. The van der Waals surface area contributed by atoms with Crippen LogP contribution in [0, 0.1) is 6.92 Å². The molecule has 0 bridgehead atoms. The molecule has 0 spiro atoms. The predicted octanol–water partition coefficient (Wildman–Crippen LogP) is 2.07. The molecule has 0 atom stereocenters. The van der Waals surface area contributed by atoms with E-state index in [0.29, 0.717) is 13.0 Å². The van der Waals surface area contributed by atoms with Gasteiger partial charge in [0.25, 0.3) is 0 Å². The standard InChI is InChI=1S/C13H15N3O3S2/c1-8-5-9-12(15-7-16-13(9)21-8)20-6-10(17)14-4-2-3-11(18)19/h5,7H,2-4,6H2,1H3,(H,14,17)(H,18,19). The molecule has 0 saturated heterocycles. The van der Waals surface area contributed by atoms with Crippen LogP contribution in [0.4, 0.5) is 0 Å². The number of carboxylic acid groups (broad SMARTS) is 1. The van der Waals surface area contributed by atoms with E-state index >= 15 is 0 Å². The molecule has 2 aromatic rings. The predicted molar refractivity (Wildman–Crippen MR) is 82.8 cm³/mol. The second-order valence-corrected chi connectivity index (χ2v) is 6.59. The number of carbonyl (C=O) groups is 2. The van der Waals surface area contributed by atoms with Crippen LogP contribution in [0.5, 0.6) is 0 Å². The van der Waals surface area contributed by atoms with Gasteiger partial charge in [-0.1, -0.05) is 11.8 Å². The van der Waals surface area contributed by atoms with Crippen LogP contribution in [0.3, 0.4) is 0 Å². The molecule has 0 radical (unpaired) electrons. The molecule has 0 fully saturated rings. The summed E-state index contributed by atoms with van der Waals surface area (Å²) in [5, 5.41) is 13.0. The molecule has 2 aromatic heterocycles. The number of fused-ring (bicyclic) bond motifs is 1. The third kappa shape index (κ3) is 4.68. The first-order valence-electron chi connectivity index (χ1n) is 6.38. The monoisotopic (exact) mass is 325 g/mol. The third-order valence-electron chi connectivity index (χ3n) is 2.65. The molecule has 1 amide bonds. The van der Waals surface area contributed by atoms with Gasteiger partial charge >= 0.3 is 5.97 Å². The zero-order valence-electron chi connectivity index (χ0n) is 11.5. The van der Waals surface area contributed by atoms with Crippen LogP contribution < -0.4 is 5.32 Å². The minimum absolute atomic E-state index is 0.0636. The van der Waals surface area contributed by atoms with E-state index in [1.165, 1.54) is 18.1 Å². The van der Waals surface area contributed by atoms with Gasteiger partial charge in [-0.3, -0.25) is 9.59 Å². The van der Waals surface area contributed by atoms with E-state index in [4.69, 9.17) is 5.11 Å². The van der Waals surface area contributed by atoms with Crippen LogP contribution in [0.25, 0.3) is 10.2 Å². The van der Waals surface area contributed by atoms with E-state index in [9.17, 15) is 9.59 Å². The minimum atomic E-state index is -0.852. The van der Waals surface area contributed by atoms with Crippen molar-refractivity contribution in [2.45, 2.75) is 24.8 Å². The van der Waals surface area contributed by atoms with Crippen LogP contribution in [0.1, 0.15) is 17.7 Å². The summed E-state index contributed by atoms with van der Waals surface area (Å²) in [5.41, 5.74) is 0. The fraction of sp³-hybridized carbons (Fsp3) is 0.385. The normalized spacial score (nSPS) is 10.7. The van der Waals surface area contributed by atoms with E-state index in [0.717, 1.165) is 20.1 Å². The lowest BCUT2D eigenvalue weighted by atomic mass is 10.3. The number of nitrogens with zero attached hydrogens (tertiary/aromatic N) is 2. The summed E-state index contributed by atoms with van der Waals surface area (Å²) in [5.74, 6) is -0.715. The Hall–Kier alpha value is -1.67. The van der Waals surface area contributed by atoms with Gasteiger partial charge < -0.3 is 10.4 Å². The van der Waals surface area contributed by atoms with Crippen molar-refractivity contribution >= 4 is 45.2 Å². The van der Waals surface area contributed by atoms with Gasteiger partial charge in [0, 0.05) is 23.2 Å². The van der Waals surface area contributed by atoms with Gasteiger partial charge in [0.2, 0.25) is 5.91 Å². The Morgan fingerprint density at radius 3 is 3.00 bits per heavy atom. The number of thioether (sulfide) groups is 1. The molecule has 8 heteroatoms. The van der Waals surface area contributed by atoms with Crippen molar-refractivity contribution in [3.63, 3.8) is 0 Å². The highest BCUT2D eigenvalue weighted by Gasteiger charge is 2.09. The highest BCUT2D eigenvalue weighted by molar-refractivity contribution is 8.00. The molecule has 0 aliphatic rings. The lowest BCUT2D eigenvalue weighted by molar-refractivity contribution is -0.137. The van der Waals surface area contributed by atoms with Gasteiger partial charge in [0.15, 0.2) is 0 Å². The van der Waals surface area contributed by atoms with Crippen LogP contribution in [0.2, 0.25) is 0 Å². The highest BCUT2D eigenvalue weighted by atomic mass is 32.2. The SMILES string of the molecule is Cc1cc2c(SCC(=O)NCCCC(=O)O)ncnc2s1. The zero-order valence-corrected chi connectivity index (χ0v) is 13.1. The summed E-state index contributed by atoms with van der Waals surface area (Å²) in [6.45, 7) is 2.39. The molecule has 0 aliphatic heterocycles. The fourth-order valence-corrected chi connectivity index (χ4v) is 3.44. The number of carbonyl (C=O) groups excluding carboxylic acids is 1. The molecule has 2 N–H and O–H groups in total. The van der Waals surface area contributed by atoms with Crippen LogP contribution in [0.15, 0.2) is 17.4 Å². The molecule has 0 aromatic carbocycles. The Bertz CT molecular complexity index is 657. The van der Waals surface area contributed by atoms with Crippen LogP contribution in [-0.4, -0.2) is 39.2 Å². The van der Waals surface area contributed by atoms with Crippen molar-refractivity contribution in [1.29, 1.82) is 0 Å². The lowest BCUT2D eigenvalue weighted by Gasteiger charge is -2.04. The Morgan fingerprint density at radius 2 is 2.24 bits per heavy atom. The number of carboxylic acids is 1. The van der Waals surface area contributed by atoms with Gasteiger partial charge in [-0.25, -0.2) is 9.97 Å². The molecule has 2 heterocycles. The number of hydrogen-bond acceptors (Lipinski definition) is 6. The van der Waals surface area contributed by atoms with Crippen molar-refractivity contribution in [2.24, 2.45) is 0 Å². The first-order valence-corrected chi connectivity index (χ1v) is 8.19. The number of nitrogens with one attached hydrogen (secondary N) is 1. The maximum atomic E-state index is 11.7. The minimum Gasteiger partial charge on any atom is -0.481 e. The molecule has 2 rings (SSSR count). The van der Waals surface area contributed by atoms with E-state index in [2.05, 4.69) is 15.3 Å². The zero-order chi connectivity index (χ0) is 15.2. The molecule has 6 nitrogen and oxygen atoms in total. The van der Waals surface area contributed by atoms with Crippen molar-refractivity contribution < 1.29 is 14.7 Å². The number of aryl methyl sites for hydroxylation is 1. The first kappa shape index (κ1) is 15.7. The fourth-order valence-electron chi connectivity index (χ4n) is 1.72. The van der Waals surface area contributed by atoms with Gasteiger partial charge in [-0.2, -0.15) is 0 Å². The molecule has 21 heavy (non-hydrogen) atoms. The molecule has 0 saturated carbocycles. The topological polar surface area (TPSA) is 92.2 Å². The number of aliphatic carboxylic acids is 1. The summed E-state index contributed by atoms with van der Waals surface area (Å²) in [4.78, 5) is 32.5. The molecular weight excluding hydrogens is 310 g/mol.